The Morgan fingerprint density at radius 3 is 2.60 bits per heavy atom. The Morgan fingerprint density at radius 2 is 1.80 bits per heavy atom. The van der Waals surface area contributed by atoms with Crippen molar-refractivity contribution in [3.63, 3.8) is 0 Å². The number of nitrogens with zero attached hydrogens (tertiary/aromatic N) is 3. The molecule has 5 rings (SSSR count). The highest BCUT2D eigenvalue weighted by Gasteiger charge is 2.40. The number of aryl methyl sites for hydroxylation is 1. The van der Waals surface area contributed by atoms with E-state index in [0.29, 0.717) is 18.8 Å². The lowest BCUT2D eigenvalue weighted by molar-refractivity contribution is 0.0493. The number of para-hydroxylation sites is 1. The smallest absolute Gasteiger partial charge is 0.267 e. The molecule has 2 aromatic carbocycles. The van der Waals surface area contributed by atoms with Crippen LogP contribution in [0, 0.1) is 0 Å². The van der Waals surface area contributed by atoms with Crippen molar-refractivity contribution < 1.29 is 9.59 Å². The molecule has 2 saturated heterocycles. The minimum Gasteiger partial charge on any atom is -0.349 e. The quantitative estimate of drug-likeness (QED) is 0.730. The summed E-state index contributed by atoms with van der Waals surface area (Å²) in [5.74, 6) is 0.0168. The van der Waals surface area contributed by atoms with Crippen LogP contribution in [0.2, 0.25) is 0 Å². The molecule has 1 unspecified atom stereocenters. The Bertz CT molecular complexity index is 1090. The topological polar surface area (TPSA) is 57.6 Å². The van der Waals surface area contributed by atoms with E-state index >= 15 is 0 Å². The van der Waals surface area contributed by atoms with Gasteiger partial charge in [0.25, 0.3) is 11.8 Å². The summed E-state index contributed by atoms with van der Waals surface area (Å²) in [6.07, 6.45) is 0.992. The van der Waals surface area contributed by atoms with Gasteiger partial charge in [-0.05, 0) is 30.7 Å². The fourth-order valence-electron chi connectivity index (χ4n) is 4.84. The van der Waals surface area contributed by atoms with Gasteiger partial charge in [-0.3, -0.25) is 14.5 Å². The number of fused-ring (bicyclic) bond motifs is 3. The minimum atomic E-state index is -0.0732. The van der Waals surface area contributed by atoms with Crippen LogP contribution < -0.4 is 5.32 Å². The van der Waals surface area contributed by atoms with E-state index in [-0.39, 0.29) is 23.9 Å². The van der Waals surface area contributed by atoms with Crippen molar-refractivity contribution >= 4 is 22.7 Å². The molecule has 6 nitrogen and oxygen atoms in total. The molecule has 2 aliphatic heterocycles. The van der Waals surface area contributed by atoms with Crippen LogP contribution in [0.25, 0.3) is 10.9 Å². The monoisotopic (exact) mass is 402 g/mol. The molecule has 2 aliphatic rings. The molecule has 0 radical (unpaired) electrons. The number of rotatable bonds is 4. The number of carbonyl (C=O) groups excluding carboxylic acids is 2. The number of nitrogens with one attached hydrogen (secondary N) is 1. The van der Waals surface area contributed by atoms with Gasteiger partial charge in [-0.2, -0.15) is 0 Å². The first-order valence-corrected chi connectivity index (χ1v) is 10.5. The first-order chi connectivity index (χ1) is 14.6. The lowest BCUT2D eigenvalue weighted by atomic mass is 10.1. The largest absolute Gasteiger partial charge is 0.349 e. The normalized spacial score (nSPS) is 23.0. The minimum absolute atomic E-state index is 0.0732. The van der Waals surface area contributed by atoms with Crippen LogP contribution in [-0.4, -0.2) is 64.4 Å². The molecule has 2 bridgehead atoms. The van der Waals surface area contributed by atoms with Gasteiger partial charge in [0.05, 0.1) is 0 Å². The van der Waals surface area contributed by atoms with Gasteiger partial charge in [0.2, 0.25) is 0 Å². The standard InChI is InChI=1S/C24H26N4O2/c1-26-21-10-6-5-9-18(21)13-22(26)23(29)25-14-20-16-28(19-11-12-27(20)15-19)24(30)17-7-3-2-4-8-17/h2-10,13,19-20H,11-12,14-16H2,1H3,(H,25,29)/t19-,20-/m0/s1. The summed E-state index contributed by atoms with van der Waals surface area (Å²) in [7, 11) is 1.92. The van der Waals surface area contributed by atoms with Crippen molar-refractivity contribution in [2.75, 3.05) is 26.2 Å². The van der Waals surface area contributed by atoms with Crippen LogP contribution in [0.3, 0.4) is 0 Å². The second-order valence-corrected chi connectivity index (χ2v) is 8.27. The third kappa shape index (κ3) is 3.27. The van der Waals surface area contributed by atoms with Crippen molar-refractivity contribution in [2.24, 2.45) is 7.05 Å². The van der Waals surface area contributed by atoms with E-state index in [1.807, 2.05) is 77.2 Å². The van der Waals surface area contributed by atoms with E-state index in [9.17, 15) is 9.59 Å². The zero-order chi connectivity index (χ0) is 20.7. The predicted octanol–water partition coefficient (Wildman–Crippen LogP) is 2.51. The van der Waals surface area contributed by atoms with E-state index in [1.54, 1.807) is 0 Å². The van der Waals surface area contributed by atoms with E-state index in [1.165, 1.54) is 0 Å². The van der Waals surface area contributed by atoms with Crippen molar-refractivity contribution in [1.82, 2.24) is 19.7 Å². The SMILES string of the molecule is Cn1c(C(=O)NC[C@H]2CN(C(=O)c3ccccc3)[C@H]3CCN2C3)cc2ccccc21. The van der Waals surface area contributed by atoms with Crippen LogP contribution in [-0.2, 0) is 7.05 Å². The van der Waals surface area contributed by atoms with Crippen LogP contribution in [0.5, 0.6) is 0 Å². The second-order valence-electron chi connectivity index (χ2n) is 8.27. The molecule has 1 aromatic heterocycles. The maximum absolute atomic E-state index is 13.1. The molecule has 1 N–H and O–H groups in total. The molecule has 154 valence electrons. The zero-order valence-corrected chi connectivity index (χ0v) is 17.1. The first-order valence-electron chi connectivity index (χ1n) is 10.5. The van der Waals surface area contributed by atoms with Crippen molar-refractivity contribution in [3.05, 3.63) is 71.9 Å². The average molecular weight is 402 g/mol. The number of hydrogen-bond acceptors (Lipinski definition) is 3. The van der Waals surface area contributed by atoms with Gasteiger partial charge in [-0.15, -0.1) is 0 Å². The zero-order valence-electron chi connectivity index (χ0n) is 17.1. The van der Waals surface area contributed by atoms with Gasteiger partial charge in [-0.1, -0.05) is 36.4 Å². The van der Waals surface area contributed by atoms with Gasteiger partial charge in [-0.25, -0.2) is 0 Å². The third-order valence-corrected chi connectivity index (χ3v) is 6.52. The van der Waals surface area contributed by atoms with Crippen LogP contribution in [0.4, 0.5) is 0 Å². The van der Waals surface area contributed by atoms with Crippen molar-refractivity contribution in [2.45, 2.75) is 18.5 Å². The average Bonchev–Trinajstić information content (AvgIpc) is 3.35. The van der Waals surface area contributed by atoms with Crippen molar-refractivity contribution in [3.8, 4) is 0 Å². The number of aromatic nitrogens is 1. The van der Waals surface area contributed by atoms with E-state index in [0.717, 1.165) is 36.0 Å². The fourth-order valence-corrected chi connectivity index (χ4v) is 4.84. The maximum Gasteiger partial charge on any atom is 0.267 e. The molecule has 6 heteroatoms. The molecule has 2 amide bonds. The molecule has 0 aliphatic carbocycles. The Hall–Kier alpha value is -3.12. The molecule has 0 saturated carbocycles. The maximum atomic E-state index is 13.1. The molecule has 3 aromatic rings. The molecular formula is C24H26N4O2. The van der Waals surface area contributed by atoms with E-state index in [4.69, 9.17) is 0 Å². The summed E-state index contributed by atoms with van der Waals surface area (Å²) in [5.41, 5.74) is 2.43. The third-order valence-electron chi connectivity index (χ3n) is 6.52. The molecule has 2 fully saturated rings. The molecule has 3 heterocycles. The Balaban J connectivity index is 1.29. The number of piperazine rings is 1. The van der Waals surface area contributed by atoms with Crippen LogP contribution >= 0.6 is 0 Å². The first kappa shape index (κ1) is 18.9. The fraction of sp³-hybridized carbons (Fsp3) is 0.333. The Labute approximate surface area is 176 Å². The van der Waals surface area contributed by atoms with Crippen LogP contribution in [0.1, 0.15) is 27.3 Å². The van der Waals surface area contributed by atoms with Gasteiger partial charge < -0.3 is 14.8 Å². The summed E-state index contributed by atoms with van der Waals surface area (Å²) in [6, 6.07) is 19.8. The molecule has 3 atom stereocenters. The summed E-state index contributed by atoms with van der Waals surface area (Å²) in [4.78, 5) is 30.4. The molecular weight excluding hydrogens is 376 g/mol. The highest BCUT2D eigenvalue weighted by atomic mass is 16.2. The van der Waals surface area contributed by atoms with Crippen molar-refractivity contribution in [1.29, 1.82) is 0 Å². The van der Waals surface area contributed by atoms with Crippen LogP contribution in [0.15, 0.2) is 60.7 Å². The van der Waals surface area contributed by atoms with Gasteiger partial charge in [0, 0.05) is 61.8 Å². The second kappa shape index (κ2) is 7.61. The lowest BCUT2D eigenvalue weighted by Crippen LogP contribution is -2.57. The summed E-state index contributed by atoms with van der Waals surface area (Å²) < 4.78 is 1.93. The van der Waals surface area contributed by atoms with Gasteiger partial charge in [0.1, 0.15) is 5.69 Å². The highest BCUT2D eigenvalue weighted by molar-refractivity contribution is 5.98. The van der Waals surface area contributed by atoms with E-state index < -0.39 is 0 Å². The summed E-state index contributed by atoms with van der Waals surface area (Å²) >= 11 is 0. The summed E-state index contributed by atoms with van der Waals surface area (Å²) in [5, 5.41) is 4.17. The molecule has 30 heavy (non-hydrogen) atoms. The molecule has 0 spiro atoms. The van der Waals surface area contributed by atoms with E-state index in [2.05, 4.69) is 10.2 Å². The lowest BCUT2D eigenvalue weighted by Gasteiger charge is -2.40. The van der Waals surface area contributed by atoms with Gasteiger partial charge in [0.15, 0.2) is 0 Å². The number of carbonyl (C=O) groups is 2. The number of hydrogen-bond donors (Lipinski definition) is 1. The number of benzene rings is 2. The highest BCUT2D eigenvalue weighted by Crippen LogP contribution is 2.26. The predicted molar refractivity (Wildman–Crippen MR) is 116 cm³/mol. The summed E-state index contributed by atoms with van der Waals surface area (Å²) in [6.45, 7) is 3.03. The Morgan fingerprint density at radius 1 is 1.03 bits per heavy atom. The van der Waals surface area contributed by atoms with Gasteiger partial charge >= 0.3 is 0 Å². The Kier molecular flexibility index (Phi) is 4.79. The number of amides is 2.